The van der Waals surface area contributed by atoms with Gasteiger partial charge in [0.15, 0.2) is 5.65 Å². The molecular formula is C21H20FN5O2. The number of aromatic nitrogens is 4. The van der Waals surface area contributed by atoms with Gasteiger partial charge in [-0.1, -0.05) is 0 Å². The van der Waals surface area contributed by atoms with Crippen LogP contribution in [0.2, 0.25) is 0 Å². The van der Waals surface area contributed by atoms with E-state index in [1.54, 1.807) is 23.0 Å². The van der Waals surface area contributed by atoms with E-state index in [9.17, 15) is 9.50 Å². The van der Waals surface area contributed by atoms with Crippen LogP contribution >= 0.6 is 0 Å². The minimum absolute atomic E-state index is 0.0145. The van der Waals surface area contributed by atoms with E-state index in [4.69, 9.17) is 5.11 Å². The Bertz CT molecular complexity index is 1160. The summed E-state index contributed by atoms with van der Waals surface area (Å²) in [6.07, 6.45) is 3.93. The van der Waals surface area contributed by atoms with E-state index in [0.29, 0.717) is 34.8 Å². The molecule has 0 fully saturated rings. The van der Waals surface area contributed by atoms with Gasteiger partial charge in [-0.15, -0.1) is 5.10 Å². The number of benzene rings is 1. The van der Waals surface area contributed by atoms with Crippen molar-refractivity contribution in [1.82, 2.24) is 19.6 Å². The third-order valence-electron chi connectivity index (χ3n) is 4.67. The number of rotatable bonds is 6. The molecule has 0 saturated heterocycles. The fraction of sp³-hybridized carbons (Fsp3) is 0.190. The number of phenolic OH excluding ortho intramolecular Hbond substituents is 1. The molecule has 0 aliphatic heterocycles. The second kappa shape index (κ2) is 7.84. The van der Waals surface area contributed by atoms with Gasteiger partial charge in [0, 0.05) is 18.4 Å². The van der Waals surface area contributed by atoms with Crippen molar-refractivity contribution in [3.63, 3.8) is 0 Å². The van der Waals surface area contributed by atoms with Crippen molar-refractivity contribution in [1.29, 1.82) is 0 Å². The van der Waals surface area contributed by atoms with Crippen LogP contribution in [0.3, 0.4) is 0 Å². The van der Waals surface area contributed by atoms with Gasteiger partial charge in [-0.25, -0.2) is 13.9 Å². The van der Waals surface area contributed by atoms with Crippen molar-refractivity contribution in [2.75, 3.05) is 11.9 Å². The summed E-state index contributed by atoms with van der Waals surface area (Å²) in [5.74, 6) is 0.140. The average molecular weight is 393 g/mol. The lowest BCUT2D eigenvalue weighted by Crippen LogP contribution is -2.10. The standard InChI is InChI=1S/C21H20FN5O2/c1-13(16-11-15(22)2-3-19(16)29)25-20-4-5-21-24-12-18(27(21)26-20)17-10-14(7-9-28)6-8-23-17/h2-6,8,10-13,28-29H,7,9H2,1H3,(H,25,26). The molecule has 0 bridgehead atoms. The highest BCUT2D eigenvalue weighted by molar-refractivity contribution is 5.61. The number of imidazole rings is 1. The van der Waals surface area contributed by atoms with Crippen molar-refractivity contribution in [3.05, 3.63) is 71.8 Å². The lowest BCUT2D eigenvalue weighted by atomic mass is 10.1. The second-order valence-corrected chi connectivity index (χ2v) is 6.72. The number of fused-ring (bicyclic) bond motifs is 1. The molecule has 4 aromatic rings. The highest BCUT2D eigenvalue weighted by Gasteiger charge is 2.14. The summed E-state index contributed by atoms with van der Waals surface area (Å²) < 4.78 is 15.2. The van der Waals surface area contributed by atoms with E-state index in [2.05, 4.69) is 20.4 Å². The lowest BCUT2D eigenvalue weighted by molar-refractivity contribution is 0.299. The molecule has 7 nitrogen and oxygen atoms in total. The zero-order valence-electron chi connectivity index (χ0n) is 15.7. The van der Waals surface area contributed by atoms with Crippen LogP contribution in [-0.2, 0) is 6.42 Å². The number of nitrogens with one attached hydrogen (secondary N) is 1. The largest absolute Gasteiger partial charge is 0.508 e. The number of halogens is 1. The molecule has 3 N–H and O–H groups in total. The van der Waals surface area contributed by atoms with E-state index in [1.807, 2.05) is 25.1 Å². The molecule has 148 valence electrons. The van der Waals surface area contributed by atoms with Gasteiger partial charge in [-0.2, -0.15) is 0 Å². The predicted octanol–water partition coefficient (Wildman–Crippen LogP) is 3.34. The minimum Gasteiger partial charge on any atom is -0.508 e. The van der Waals surface area contributed by atoms with Gasteiger partial charge in [0.25, 0.3) is 0 Å². The highest BCUT2D eigenvalue weighted by Crippen LogP contribution is 2.27. The Labute approximate surface area is 166 Å². The number of aliphatic hydroxyl groups is 1. The Balaban J connectivity index is 1.67. The average Bonchev–Trinajstić information content (AvgIpc) is 3.13. The van der Waals surface area contributed by atoms with Crippen LogP contribution in [0.1, 0.15) is 24.1 Å². The van der Waals surface area contributed by atoms with Gasteiger partial charge in [0.2, 0.25) is 0 Å². The van der Waals surface area contributed by atoms with E-state index in [-0.39, 0.29) is 18.4 Å². The first-order chi connectivity index (χ1) is 14.0. The molecule has 3 heterocycles. The summed E-state index contributed by atoms with van der Waals surface area (Å²) in [5.41, 5.74) is 3.47. The van der Waals surface area contributed by atoms with Gasteiger partial charge in [0.05, 0.1) is 17.9 Å². The van der Waals surface area contributed by atoms with Crippen LogP contribution < -0.4 is 5.32 Å². The van der Waals surface area contributed by atoms with Crippen LogP contribution in [0, 0.1) is 5.82 Å². The van der Waals surface area contributed by atoms with Gasteiger partial charge in [-0.3, -0.25) is 4.98 Å². The number of pyridine rings is 1. The summed E-state index contributed by atoms with van der Waals surface area (Å²) in [5, 5.41) is 26.9. The quantitative estimate of drug-likeness (QED) is 0.465. The van der Waals surface area contributed by atoms with E-state index in [1.165, 1.54) is 18.2 Å². The maximum Gasteiger partial charge on any atom is 0.154 e. The third-order valence-corrected chi connectivity index (χ3v) is 4.67. The van der Waals surface area contributed by atoms with Crippen molar-refractivity contribution < 1.29 is 14.6 Å². The summed E-state index contributed by atoms with van der Waals surface area (Å²) in [6.45, 7) is 1.88. The molecule has 0 spiro atoms. The summed E-state index contributed by atoms with van der Waals surface area (Å²) in [6, 6.07) is 10.8. The van der Waals surface area contributed by atoms with Gasteiger partial charge in [0.1, 0.15) is 23.1 Å². The Hall–Kier alpha value is -3.52. The topological polar surface area (TPSA) is 95.6 Å². The van der Waals surface area contributed by atoms with Crippen LogP contribution in [-0.4, -0.2) is 36.4 Å². The molecule has 0 radical (unpaired) electrons. The zero-order valence-corrected chi connectivity index (χ0v) is 15.7. The smallest absolute Gasteiger partial charge is 0.154 e. The second-order valence-electron chi connectivity index (χ2n) is 6.72. The number of hydrogen-bond donors (Lipinski definition) is 3. The van der Waals surface area contributed by atoms with Gasteiger partial charge < -0.3 is 15.5 Å². The molecule has 1 atom stereocenters. The monoisotopic (exact) mass is 393 g/mol. The Morgan fingerprint density at radius 2 is 2.00 bits per heavy atom. The number of hydrogen-bond acceptors (Lipinski definition) is 6. The number of aliphatic hydroxyl groups excluding tert-OH is 1. The Morgan fingerprint density at radius 3 is 2.83 bits per heavy atom. The van der Waals surface area contributed by atoms with Crippen LogP contribution in [0.15, 0.2) is 54.9 Å². The molecule has 0 amide bonds. The van der Waals surface area contributed by atoms with Crippen molar-refractivity contribution >= 4 is 11.5 Å². The highest BCUT2D eigenvalue weighted by atomic mass is 19.1. The molecule has 4 rings (SSSR count). The molecule has 0 aliphatic rings. The molecule has 8 heteroatoms. The first kappa shape index (κ1) is 18.8. The fourth-order valence-electron chi connectivity index (χ4n) is 3.20. The maximum absolute atomic E-state index is 13.6. The molecule has 0 saturated carbocycles. The van der Waals surface area contributed by atoms with Gasteiger partial charge in [-0.05, 0) is 61.4 Å². The van der Waals surface area contributed by atoms with Crippen molar-refractivity contribution in [2.45, 2.75) is 19.4 Å². The minimum atomic E-state index is -0.416. The van der Waals surface area contributed by atoms with Gasteiger partial charge >= 0.3 is 0 Å². The van der Waals surface area contributed by atoms with Crippen LogP contribution in [0.5, 0.6) is 5.75 Å². The van der Waals surface area contributed by atoms with Crippen molar-refractivity contribution in [2.24, 2.45) is 0 Å². The number of nitrogens with zero attached hydrogens (tertiary/aromatic N) is 4. The molecule has 1 unspecified atom stereocenters. The molecular weight excluding hydrogens is 373 g/mol. The molecule has 3 aromatic heterocycles. The molecule has 1 aromatic carbocycles. The number of aromatic hydroxyl groups is 1. The number of anilines is 1. The Kier molecular flexibility index (Phi) is 5.09. The van der Waals surface area contributed by atoms with E-state index < -0.39 is 5.82 Å². The Morgan fingerprint density at radius 1 is 1.14 bits per heavy atom. The normalized spacial score (nSPS) is 12.2. The molecule has 29 heavy (non-hydrogen) atoms. The first-order valence-corrected chi connectivity index (χ1v) is 9.21. The summed E-state index contributed by atoms with van der Waals surface area (Å²) in [4.78, 5) is 8.76. The SMILES string of the molecule is CC(Nc1ccc2ncc(-c3cc(CCO)ccn3)n2n1)c1cc(F)ccc1O. The predicted molar refractivity (Wildman–Crippen MR) is 107 cm³/mol. The summed E-state index contributed by atoms with van der Waals surface area (Å²) in [7, 11) is 0. The zero-order chi connectivity index (χ0) is 20.4. The lowest BCUT2D eigenvalue weighted by Gasteiger charge is -2.16. The summed E-state index contributed by atoms with van der Waals surface area (Å²) >= 11 is 0. The maximum atomic E-state index is 13.6. The third kappa shape index (κ3) is 3.88. The van der Waals surface area contributed by atoms with Crippen LogP contribution in [0.25, 0.3) is 17.0 Å². The number of phenols is 1. The van der Waals surface area contributed by atoms with E-state index >= 15 is 0 Å². The van der Waals surface area contributed by atoms with Crippen LogP contribution in [0.4, 0.5) is 10.2 Å². The fourth-order valence-corrected chi connectivity index (χ4v) is 3.20. The van der Waals surface area contributed by atoms with Crippen molar-refractivity contribution in [3.8, 4) is 17.1 Å². The first-order valence-electron chi connectivity index (χ1n) is 9.21. The van der Waals surface area contributed by atoms with E-state index in [0.717, 1.165) is 5.56 Å². The molecule has 0 aliphatic carbocycles.